The zero-order valence-electron chi connectivity index (χ0n) is 17.3. The van der Waals surface area contributed by atoms with Crippen LogP contribution in [-0.4, -0.2) is 40.8 Å². The van der Waals surface area contributed by atoms with Gasteiger partial charge in [-0.15, -0.1) is 0 Å². The van der Waals surface area contributed by atoms with Crippen molar-refractivity contribution >= 4 is 28.0 Å². The fraction of sp³-hybridized carbons (Fsp3) is 0.417. The van der Waals surface area contributed by atoms with E-state index in [1.165, 1.54) is 0 Å². The molecular weight excluding hydrogens is 462 g/mol. The molecule has 1 aliphatic heterocycles. The van der Waals surface area contributed by atoms with Crippen LogP contribution in [0, 0.1) is 0 Å². The summed E-state index contributed by atoms with van der Waals surface area (Å²) in [7, 11) is 0. The number of rotatable bonds is 6. The maximum atomic E-state index is 13.2. The number of benzene rings is 2. The highest BCUT2D eigenvalue weighted by atomic mass is 79.9. The first-order chi connectivity index (χ1) is 14.9. The minimum absolute atomic E-state index is 0.201. The fourth-order valence-corrected chi connectivity index (χ4v) is 5.39. The second kappa shape index (κ2) is 9.01. The molecular formula is C24H26BrNO5. The summed E-state index contributed by atoms with van der Waals surface area (Å²) in [4.78, 5) is 26.4. The summed E-state index contributed by atoms with van der Waals surface area (Å²) < 4.78 is 12.6. The Balaban J connectivity index is 1.63. The lowest BCUT2D eigenvalue weighted by Crippen LogP contribution is -2.45. The van der Waals surface area contributed by atoms with E-state index in [2.05, 4.69) is 15.9 Å². The van der Waals surface area contributed by atoms with Gasteiger partial charge in [0.05, 0.1) is 6.54 Å². The van der Waals surface area contributed by atoms with Gasteiger partial charge in [-0.25, -0.2) is 9.59 Å². The van der Waals surface area contributed by atoms with E-state index in [0.29, 0.717) is 6.42 Å². The van der Waals surface area contributed by atoms with E-state index in [1.807, 2.05) is 54.6 Å². The monoisotopic (exact) mass is 487 g/mol. The zero-order chi connectivity index (χ0) is 21.9. The first kappa shape index (κ1) is 21.8. The van der Waals surface area contributed by atoms with Gasteiger partial charge in [0.1, 0.15) is 18.8 Å². The van der Waals surface area contributed by atoms with Crippen LogP contribution in [0.4, 0.5) is 4.79 Å². The Labute approximate surface area is 190 Å². The minimum Gasteiger partial charge on any atom is -0.480 e. The maximum Gasteiger partial charge on any atom is 0.410 e. The number of likely N-dealkylation sites (tertiary alicyclic amines) is 1. The number of nitrogens with zero attached hydrogens (tertiary/aromatic N) is 1. The van der Waals surface area contributed by atoms with Crippen molar-refractivity contribution in [3.05, 3.63) is 70.2 Å². The Morgan fingerprint density at radius 3 is 2.48 bits per heavy atom. The van der Waals surface area contributed by atoms with Gasteiger partial charge < -0.3 is 14.6 Å². The molecule has 164 valence electrons. The highest BCUT2D eigenvalue weighted by Crippen LogP contribution is 2.52. The van der Waals surface area contributed by atoms with Crippen molar-refractivity contribution in [1.82, 2.24) is 4.90 Å². The summed E-state index contributed by atoms with van der Waals surface area (Å²) in [6.07, 6.45) is 3.96. The summed E-state index contributed by atoms with van der Waals surface area (Å²) in [6, 6.07) is 17.3. The van der Waals surface area contributed by atoms with Crippen LogP contribution < -0.4 is 0 Å². The van der Waals surface area contributed by atoms with Crippen molar-refractivity contribution < 1.29 is 24.2 Å². The number of carboxylic acids is 1. The second-order valence-corrected chi connectivity index (χ2v) is 9.34. The number of carbonyl (C=O) groups excluding carboxylic acids is 1. The molecule has 1 amide bonds. The summed E-state index contributed by atoms with van der Waals surface area (Å²) >= 11 is 3.51. The molecule has 0 aromatic heterocycles. The minimum atomic E-state index is -1.03. The van der Waals surface area contributed by atoms with Gasteiger partial charge in [0.15, 0.2) is 0 Å². The molecule has 7 heteroatoms. The number of halogens is 1. The Hall–Kier alpha value is -2.38. The molecule has 2 fully saturated rings. The van der Waals surface area contributed by atoms with E-state index >= 15 is 0 Å². The molecule has 1 unspecified atom stereocenters. The number of aliphatic carboxylic acids is 1. The third-order valence-electron chi connectivity index (χ3n) is 6.38. The van der Waals surface area contributed by atoms with Crippen LogP contribution in [0.25, 0.3) is 0 Å². The molecule has 4 rings (SSSR count). The Morgan fingerprint density at radius 2 is 1.81 bits per heavy atom. The molecule has 0 radical (unpaired) electrons. The van der Waals surface area contributed by atoms with Crippen LogP contribution >= 0.6 is 15.9 Å². The van der Waals surface area contributed by atoms with Crippen LogP contribution in [0.15, 0.2) is 59.1 Å². The van der Waals surface area contributed by atoms with Crippen molar-refractivity contribution in [2.45, 2.75) is 49.9 Å². The van der Waals surface area contributed by atoms with Gasteiger partial charge in [-0.1, -0.05) is 71.2 Å². The lowest BCUT2D eigenvalue weighted by Gasteiger charge is -2.33. The molecule has 1 heterocycles. The van der Waals surface area contributed by atoms with Crippen molar-refractivity contribution in [3.8, 4) is 0 Å². The first-order valence-corrected chi connectivity index (χ1v) is 11.3. The van der Waals surface area contributed by atoms with Gasteiger partial charge in [-0.2, -0.15) is 0 Å². The summed E-state index contributed by atoms with van der Waals surface area (Å²) in [5.74, 6) is -1.03. The van der Waals surface area contributed by atoms with E-state index in [4.69, 9.17) is 9.47 Å². The molecule has 0 bridgehead atoms. The number of ether oxygens (including phenoxy) is 2. The number of hydrogen-bond acceptors (Lipinski definition) is 4. The Morgan fingerprint density at radius 1 is 1.06 bits per heavy atom. The van der Waals surface area contributed by atoms with E-state index in [9.17, 15) is 14.7 Å². The van der Waals surface area contributed by atoms with Gasteiger partial charge in [-0.05, 0) is 36.1 Å². The van der Waals surface area contributed by atoms with Gasteiger partial charge in [0, 0.05) is 16.4 Å². The topological polar surface area (TPSA) is 76.1 Å². The predicted octanol–water partition coefficient (Wildman–Crippen LogP) is 5.10. The van der Waals surface area contributed by atoms with Crippen molar-refractivity contribution in [2.24, 2.45) is 0 Å². The molecule has 1 aliphatic carbocycles. The largest absolute Gasteiger partial charge is 0.480 e. The maximum absolute atomic E-state index is 13.2. The highest BCUT2D eigenvalue weighted by Gasteiger charge is 2.58. The average molecular weight is 488 g/mol. The number of amides is 1. The number of carboxylic acid groups (broad SMARTS) is 1. The van der Waals surface area contributed by atoms with E-state index in [-0.39, 0.29) is 24.8 Å². The van der Waals surface area contributed by atoms with Crippen LogP contribution in [0.2, 0.25) is 0 Å². The summed E-state index contributed by atoms with van der Waals surface area (Å²) in [6.45, 7) is 0.0476. The van der Waals surface area contributed by atoms with Gasteiger partial charge in [0.2, 0.25) is 0 Å². The fourth-order valence-electron chi connectivity index (χ4n) is 4.99. The van der Waals surface area contributed by atoms with E-state index in [0.717, 1.165) is 41.3 Å². The van der Waals surface area contributed by atoms with E-state index in [1.54, 1.807) is 4.90 Å². The molecule has 1 spiro atoms. The third-order valence-corrected chi connectivity index (χ3v) is 6.88. The van der Waals surface area contributed by atoms with Crippen molar-refractivity contribution in [3.63, 3.8) is 0 Å². The van der Waals surface area contributed by atoms with Crippen molar-refractivity contribution in [1.29, 1.82) is 0 Å². The lowest BCUT2D eigenvalue weighted by molar-refractivity contribution is -0.150. The molecule has 2 aromatic carbocycles. The molecule has 1 saturated carbocycles. The highest BCUT2D eigenvalue weighted by molar-refractivity contribution is 9.10. The zero-order valence-corrected chi connectivity index (χ0v) is 18.8. The quantitative estimate of drug-likeness (QED) is 0.613. The van der Waals surface area contributed by atoms with Gasteiger partial charge in [0.25, 0.3) is 0 Å². The van der Waals surface area contributed by atoms with Gasteiger partial charge in [-0.3, -0.25) is 4.90 Å². The Kier molecular flexibility index (Phi) is 6.34. The van der Waals surface area contributed by atoms with Crippen LogP contribution in [0.5, 0.6) is 0 Å². The van der Waals surface area contributed by atoms with Crippen molar-refractivity contribution in [2.75, 3.05) is 13.2 Å². The van der Waals surface area contributed by atoms with E-state index < -0.39 is 18.2 Å². The molecule has 6 nitrogen and oxygen atoms in total. The lowest BCUT2D eigenvalue weighted by atomic mass is 9.84. The molecule has 1 atom stereocenters. The SMILES string of the molecule is O=C(O)COC1(c2cccc(Br)c2)CN(C(=O)OCc2ccccc2)C2(CCCC2)C1. The number of hydrogen-bond donors (Lipinski definition) is 1. The predicted molar refractivity (Wildman–Crippen MR) is 119 cm³/mol. The third kappa shape index (κ3) is 4.62. The molecule has 2 aliphatic rings. The van der Waals surface area contributed by atoms with Crippen LogP contribution in [0.3, 0.4) is 0 Å². The van der Waals surface area contributed by atoms with Gasteiger partial charge >= 0.3 is 12.1 Å². The smallest absolute Gasteiger partial charge is 0.410 e. The normalized spacial score (nSPS) is 22.0. The molecule has 2 aromatic rings. The Bertz CT molecular complexity index is 944. The number of carbonyl (C=O) groups is 2. The van der Waals surface area contributed by atoms with Crippen LogP contribution in [0.1, 0.15) is 43.2 Å². The standard InChI is InChI=1S/C24H26BrNO5/c25-20-10-6-9-19(13-20)24(31-15-21(27)28)16-23(11-4-5-12-23)26(17-24)22(29)30-14-18-7-2-1-3-8-18/h1-3,6-10,13H,4-5,11-12,14-17H2,(H,27,28). The molecule has 31 heavy (non-hydrogen) atoms. The summed E-state index contributed by atoms with van der Waals surface area (Å²) in [5, 5.41) is 9.29. The first-order valence-electron chi connectivity index (χ1n) is 10.5. The van der Waals surface area contributed by atoms with Crippen LogP contribution in [-0.2, 0) is 26.5 Å². The second-order valence-electron chi connectivity index (χ2n) is 8.42. The average Bonchev–Trinajstić information content (AvgIpc) is 3.37. The molecule has 1 saturated heterocycles. The molecule has 1 N–H and O–H groups in total. The summed E-state index contributed by atoms with van der Waals surface area (Å²) in [5.41, 5.74) is 0.524.